The minimum atomic E-state index is -3.57. The van der Waals surface area contributed by atoms with E-state index in [1.54, 1.807) is 23.0 Å². The lowest BCUT2D eigenvalue weighted by atomic mass is 10.00. The molecule has 0 spiro atoms. The summed E-state index contributed by atoms with van der Waals surface area (Å²) >= 11 is 0. The van der Waals surface area contributed by atoms with Crippen LogP contribution < -0.4 is 0 Å². The molecule has 1 aromatic rings. The maximum atomic E-state index is 12.9. The van der Waals surface area contributed by atoms with Gasteiger partial charge in [-0.25, -0.2) is 8.42 Å². The van der Waals surface area contributed by atoms with Gasteiger partial charge in [0.1, 0.15) is 4.90 Å². The van der Waals surface area contributed by atoms with E-state index >= 15 is 0 Å². The van der Waals surface area contributed by atoms with Crippen LogP contribution in [0.1, 0.15) is 44.2 Å². The number of hydrogen-bond acceptors (Lipinski definition) is 4. The van der Waals surface area contributed by atoms with E-state index in [1.165, 1.54) is 6.20 Å². The van der Waals surface area contributed by atoms with Gasteiger partial charge in [0, 0.05) is 26.1 Å². The standard InChI is InChI=1S/C14H23N3O4S/c1-11-13(10-15-16(11)2)22(20,21)17-9-4-3-6-12(17)7-5-8-14(18)19/h10,12H,3-9H2,1-2H3,(H,18,19). The van der Waals surface area contributed by atoms with Gasteiger partial charge in [0.05, 0.1) is 11.9 Å². The van der Waals surface area contributed by atoms with Crippen LogP contribution in [0.3, 0.4) is 0 Å². The van der Waals surface area contributed by atoms with Crippen molar-refractivity contribution in [3.63, 3.8) is 0 Å². The van der Waals surface area contributed by atoms with Crippen LogP contribution in [0.15, 0.2) is 11.1 Å². The fraction of sp³-hybridized carbons (Fsp3) is 0.714. The molecule has 7 nitrogen and oxygen atoms in total. The van der Waals surface area contributed by atoms with Crippen LogP contribution in [0.5, 0.6) is 0 Å². The molecule has 1 unspecified atom stereocenters. The fourth-order valence-electron chi connectivity index (χ4n) is 2.93. The van der Waals surface area contributed by atoms with Crippen molar-refractivity contribution in [3.05, 3.63) is 11.9 Å². The van der Waals surface area contributed by atoms with Crippen molar-refractivity contribution in [3.8, 4) is 0 Å². The second kappa shape index (κ2) is 6.78. The first-order chi connectivity index (χ1) is 10.3. The Hall–Kier alpha value is -1.41. The second-order valence-corrected chi connectivity index (χ2v) is 7.63. The molecule has 0 amide bonds. The van der Waals surface area contributed by atoms with E-state index in [4.69, 9.17) is 5.11 Å². The van der Waals surface area contributed by atoms with Gasteiger partial charge in [0.25, 0.3) is 0 Å². The van der Waals surface area contributed by atoms with Gasteiger partial charge in [-0.05, 0) is 32.6 Å². The van der Waals surface area contributed by atoms with Gasteiger partial charge in [0.15, 0.2) is 0 Å². The number of sulfonamides is 1. The van der Waals surface area contributed by atoms with Crippen LogP contribution >= 0.6 is 0 Å². The van der Waals surface area contributed by atoms with E-state index < -0.39 is 16.0 Å². The van der Waals surface area contributed by atoms with Crippen molar-refractivity contribution in [2.75, 3.05) is 6.54 Å². The normalized spacial score (nSPS) is 20.2. The molecule has 124 valence electrons. The van der Waals surface area contributed by atoms with E-state index in [0.29, 0.717) is 25.1 Å². The van der Waals surface area contributed by atoms with Gasteiger partial charge in [-0.1, -0.05) is 6.42 Å². The molecular weight excluding hydrogens is 306 g/mol. The smallest absolute Gasteiger partial charge is 0.303 e. The fourth-order valence-corrected chi connectivity index (χ4v) is 4.84. The van der Waals surface area contributed by atoms with E-state index in [0.717, 1.165) is 19.3 Å². The molecule has 2 rings (SSSR count). The SMILES string of the molecule is Cc1c(S(=O)(=O)N2CCCCC2CCCC(=O)O)cnn1C. The number of aryl methyl sites for hydroxylation is 1. The largest absolute Gasteiger partial charge is 0.481 e. The zero-order valence-electron chi connectivity index (χ0n) is 13.0. The van der Waals surface area contributed by atoms with Gasteiger partial charge in [-0.15, -0.1) is 0 Å². The number of piperidine rings is 1. The lowest BCUT2D eigenvalue weighted by Crippen LogP contribution is -2.43. The average Bonchev–Trinajstić information content (AvgIpc) is 2.79. The van der Waals surface area contributed by atoms with Crippen LogP contribution in [0.4, 0.5) is 0 Å². The van der Waals surface area contributed by atoms with Crippen LogP contribution in [0.25, 0.3) is 0 Å². The molecular formula is C14H23N3O4S. The van der Waals surface area contributed by atoms with Crippen molar-refractivity contribution in [1.29, 1.82) is 0 Å². The van der Waals surface area contributed by atoms with Gasteiger partial charge >= 0.3 is 5.97 Å². The van der Waals surface area contributed by atoms with Gasteiger partial charge < -0.3 is 5.11 Å². The predicted molar refractivity (Wildman–Crippen MR) is 81.0 cm³/mol. The zero-order valence-corrected chi connectivity index (χ0v) is 13.8. The molecule has 22 heavy (non-hydrogen) atoms. The summed E-state index contributed by atoms with van der Waals surface area (Å²) in [4.78, 5) is 10.9. The van der Waals surface area contributed by atoms with E-state index in [1.807, 2.05) is 0 Å². The summed E-state index contributed by atoms with van der Waals surface area (Å²) in [5, 5.41) is 12.8. The molecule has 0 bridgehead atoms. The number of nitrogens with zero attached hydrogens (tertiary/aromatic N) is 3. The lowest BCUT2D eigenvalue weighted by molar-refractivity contribution is -0.137. The van der Waals surface area contributed by atoms with E-state index in [9.17, 15) is 13.2 Å². The molecule has 0 radical (unpaired) electrons. The van der Waals surface area contributed by atoms with Crippen LogP contribution in [-0.2, 0) is 21.9 Å². The third-order valence-electron chi connectivity index (χ3n) is 4.28. The molecule has 2 heterocycles. The summed E-state index contributed by atoms with van der Waals surface area (Å²) in [6.45, 7) is 2.23. The summed E-state index contributed by atoms with van der Waals surface area (Å²) in [5.41, 5.74) is 0.620. The van der Waals surface area contributed by atoms with Crippen molar-refractivity contribution in [2.45, 2.75) is 56.4 Å². The van der Waals surface area contributed by atoms with Crippen molar-refractivity contribution < 1.29 is 18.3 Å². The summed E-state index contributed by atoms with van der Waals surface area (Å²) < 4.78 is 28.9. The maximum Gasteiger partial charge on any atom is 0.303 e. The van der Waals surface area contributed by atoms with Crippen molar-refractivity contribution in [1.82, 2.24) is 14.1 Å². The van der Waals surface area contributed by atoms with Gasteiger partial charge in [-0.3, -0.25) is 9.48 Å². The number of aromatic nitrogens is 2. The number of hydrogen-bond donors (Lipinski definition) is 1. The third-order valence-corrected chi connectivity index (χ3v) is 6.33. The molecule has 1 aliphatic rings. The van der Waals surface area contributed by atoms with Gasteiger partial charge in [-0.2, -0.15) is 9.40 Å². The highest BCUT2D eigenvalue weighted by Crippen LogP contribution is 2.29. The molecule has 1 N–H and O–H groups in total. The van der Waals surface area contributed by atoms with E-state index in [2.05, 4.69) is 5.10 Å². The molecule has 1 aromatic heterocycles. The van der Waals surface area contributed by atoms with Crippen molar-refractivity contribution in [2.24, 2.45) is 7.05 Å². The molecule has 1 fully saturated rings. The number of aliphatic carboxylic acids is 1. The highest BCUT2D eigenvalue weighted by atomic mass is 32.2. The number of carboxylic acid groups (broad SMARTS) is 1. The topological polar surface area (TPSA) is 92.5 Å². The maximum absolute atomic E-state index is 12.9. The molecule has 1 atom stereocenters. The van der Waals surface area contributed by atoms with E-state index in [-0.39, 0.29) is 17.4 Å². The first-order valence-electron chi connectivity index (χ1n) is 7.56. The predicted octanol–water partition coefficient (Wildman–Crippen LogP) is 1.53. The minimum Gasteiger partial charge on any atom is -0.481 e. The number of carboxylic acids is 1. The molecule has 0 aliphatic carbocycles. The summed E-state index contributed by atoms with van der Waals surface area (Å²) in [5.74, 6) is -0.840. The number of carbonyl (C=O) groups is 1. The molecule has 1 saturated heterocycles. The summed E-state index contributed by atoms with van der Waals surface area (Å²) in [6, 6.07) is -0.113. The molecule has 8 heteroatoms. The molecule has 0 saturated carbocycles. The highest BCUT2D eigenvalue weighted by molar-refractivity contribution is 7.89. The second-order valence-electron chi connectivity index (χ2n) is 5.77. The zero-order chi connectivity index (χ0) is 16.3. The van der Waals surface area contributed by atoms with Crippen LogP contribution in [-0.4, -0.2) is 46.2 Å². The molecule has 1 aliphatic heterocycles. The Morgan fingerprint density at radius 2 is 2.18 bits per heavy atom. The summed E-state index contributed by atoms with van der Waals surface area (Å²) in [7, 11) is -1.85. The van der Waals surface area contributed by atoms with Crippen LogP contribution in [0.2, 0.25) is 0 Å². The lowest BCUT2D eigenvalue weighted by Gasteiger charge is -2.34. The Morgan fingerprint density at radius 3 is 2.77 bits per heavy atom. The first kappa shape index (κ1) is 17.0. The Labute approximate surface area is 131 Å². The Bertz CT molecular complexity index is 639. The van der Waals surface area contributed by atoms with Gasteiger partial charge in [0.2, 0.25) is 10.0 Å². The monoisotopic (exact) mass is 329 g/mol. The Balaban J connectivity index is 2.19. The third kappa shape index (κ3) is 3.49. The quantitative estimate of drug-likeness (QED) is 0.854. The highest BCUT2D eigenvalue weighted by Gasteiger charge is 2.35. The Morgan fingerprint density at radius 1 is 1.45 bits per heavy atom. The number of rotatable bonds is 6. The minimum absolute atomic E-state index is 0.0797. The average molecular weight is 329 g/mol. The molecule has 0 aromatic carbocycles. The van der Waals surface area contributed by atoms with Crippen LogP contribution in [0, 0.1) is 6.92 Å². The first-order valence-corrected chi connectivity index (χ1v) is 9.00. The Kier molecular flexibility index (Phi) is 5.23. The summed E-state index contributed by atoms with van der Waals surface area (Å²) in [6.07, 6.45) is 5.18. The van der Waals surface area contributed by atoms with Crippen molar-refractivity contribution >= 4 is 16.0 Å².